The van der Waals surface area contributed by atoms with E-state index in [0.29, 0.717) is 26.1 Å². The van der Waals surface area contributed by atoms with E-state index < -0.39 is 19.7 Å². The van der Waals surface area contributed by atoms with E-state index in [4.69, 9.17) is 4.74 Å². The van der Waals surface area contributed by atoms with Gasteiger partial charge in [0, 0.05) is 19.9 Å². The van der Waals surface area contributed by atoms with Crippen LogP contribution < -0.4 is 5.32 Å². The van der Waals surface area contributed by atoms with Gasteiger partial charge in [0.05, 0.1) is 23.9 Å². The number of hydrogen-bond donors (Lipinski definition) is 1. The van der Waals surface area contributed by atoms with Crippen LogP contribution in [0.3, 0.4) is 0 Å². The molecule has 0 atom stereocenters. The summed E-state index contributed by atoms with van der Waals surface area (Å²) in [5.74, 6) is -0.571. The van der Waals surface area contributed by atoms with Crippen LogP contribution in [0.25, 0.3) is 0 Å². The molecular formula is C9H21NO5S2. The minimum absolute atomic E-state index is 0.0164. The molecular weight excluding hydrogens is 266 g/mol. The summed E-state index contributed by atoms with van der Waals surface area (Å²) in [7, 11) is -4.87. The normalized spacial score (nSPS) is 12.8. The second-order valence-electron chi connectivity index (χ2n) is 3.88. The molecule has 104 valence electrons. The predicted octanol–water partition coefficient (Wildman–Crippen LogP) is -0.928. The quantitative estimate of drug-likeness (QED) is 0.522. The first-order valence-electron chi connectivity index (χ1n) is 5.34. The molecule has 1 N–H and O–H groups in total. The fourth-order valence-electron chi connectivity index (χ4n) is 1.10. The molecule has 6 nitrogen and oxygen atoms in total. The van der Waals surface area contributed by atoms with Crippen LogP contribution >= 0.6 is 0 Å². The highest BCUT2D eigenvalue weighted by atomic mass is 32.2. The molecule has 0 saturated carbocycles. The largest absolute Gasteiger partial charge is 0.383 e. The third-order valence-electron chi connectivity index (χ3n) is 2.06. The van der Waals surface area contributed by atoms with Gasteiger partial charge in [-0.15, -0.1) is 0 Å². The van der Waals surface area contributed by atoms with Gasteiger partial charge in [0.1, 0.15) is 9.84 Å². The van der Waals surface area contributed by atoms with E-state index in [2.05, 4.69) is 5.32 Å². The fourth-order valence-corrected chi connectivity index (χ4v) is 4.11. The Balaban J connectivity index is 3.72. The standard InChI is InChI=1S/C9H21NO5S2/c1-15-6-5-10-4-3-7-17(13,14)9-8-16(2,11)12/h10H,3-9H2,1-2H3. The summed E-state index contributed by atoms with van der Waals surface area (Å²) >= 11 is 0. The van der Waals surface area contributed by atoms with Gasteiger partial charge < -0.3 is 10.1 Å². The molecule has 0 aromatic heterocycles. The van der Waals surface area contributed by atoms with Crippen molar-refractivity contribution in [1.29, 1.82) is 0 Å². The van der Waals surface area contributed by atoms with Gasteiger partial charge in [-0.25, -0.2) is 16.8 Å². The van der Waals surface area contributed by atoms with E-state index >= 15 is 0 Å². The van der Waals surface area contributed by atoms with Crippen molar-refractivity contribution in [2.75, 3.05) is 50.3 Å². The van der Waals surface area contributed by atoms with Gasteiger partial charge in [0.15, 0.2) is 9.84 Å². The molecule has 0 heterocycles. The summed E-state index contributed by atoms with van der Waals surface area (Å²) in [4.78, 5) is 0. The minimum atomic E-state index is -3.26. The lowest BCUT2D eigenvalue weighted by Gasteiger charge is -2.05. The van der Waals surface area contributed by atoms with Crippen molar-refractivity contribution in [2.24, 2.45) is 0 Å². The van der Waals surface area contributed by atoms with Crippen LogP contribution in [-0.2, 0) is 24.4 Å². The lowest BCUT2D eigenvalue weighted by Crippen LogP contribution is -2.24. The molecule has 0 aromatic rings. The first-order chi connectivity index (χ1) is 7.77. The summed E-state index contributed by atoms with van der Waals surface area (Å²) in [6, 6.07) is 0. The zero-order chi connectivity index (χ0) is 13.4. The number of sulfone groups is 2. The van der Waals surface area contributed by atoms with Crippen LogP contribution in [0.5, 0.6) is 0 Å². The molecule has 0 aliphatic heterocycles. The van der Waals surface area contributed by atoms with Crippen LogP contribution in [-0.4, -0.2) is 67.2 Å². The molecule has 0 fully saturated rings. The van der Waals surface area contributed by atoms with Gasteiger partial charge in [0.2, 0.25) is 0 Å². The van der Waals surface area contributed by atoms with Crippen LogP contribution in [0.4, 0.5) is 0 Å². The van der Waals surface area contributed by atoms with Crippen molar-refractivity contribution >= 4 is 19.7 Å². The zero-order valence-corrected chi connectivity index (χ0v) is 11.9. The highest BCUT2D eigenvalue weighted by Gasteiger charge is 2.14. The molecule has 0 aliphatic rings. The van der Waals surface area contributed by atoms with Crippen molar-refractivity contribution in [3.8, 4) is 0 Å². The van der Waals surface area contributed by atoms with Crippen LogP contribution in [0.1, 0.15) is 6.42 Å². The summed E-state index contributed by atoms with van der Waals surface area (Å²) < 4.78 is 49.4. The molecule has 0 spiro atoms. The second-order valence-corrected chi connectivity index (χ2v) is 8.44. The summed E-state index contributed by atoms with van der Waals surface area (Å²) in [5, 5.41) is 3.02. The smallest absolute Gasteiger partial charge is 0.151 e. The Morgan fingerprint density at radius 2 is 1.65 bits per heavy atom. The Hall–Kier alpha value is -0.180. The zero-order valence-electron chi connectivity index (χ0n) is 10.3. The third kappa shape index (κ3) is 12.1. The average Bonchev–Trinajstić information content (AvgIpc) is 2.20. The molecule has 8 heteroatoms. The Bertz CT molecular complexity index is 388. The molecule has 0 bridgehead atoms. The molecule has 17 heavy (non-hydrogen) atoms. The van der Waals surface area contributed by atoms with Gasteiger partial charge in [-0.1, -0.05) is 0 Å². The monoisotopic (exact) mass is 287 g/mol. The van der Waals surface area contributed by atoms with Gasteiger partial charge in [0.25, 0.3) is 0 Å². The van der Waals surface area contributed by atoms with Crippen molar-refractivity contribution < 1.29 is 21.6 Å². The molecule has 0 aliphatic carbocycles. The highest BCUT2D eigenvalue weighted by Crippen LogP contribution is 1.96. The summed E-state index contributed by atoms with van der Waals surface area (Å²) in [6.45, 7) is 1.85. The minimum Gasteiger partial charge on any atom is -0.383 e. The van der Waals surface area contributed by atoms with Crippen LogP contribution in [0, 0.1) is 0 Å². The molecule has 0 rings (SSSR count). The van der Waals surface area contributed by atoms with E-state index in [-0.39, 0.29) is 17.3 Å². The maximum absolute atomic E-state index is 11.4. The summed E-state index contributed by atoms with van der Waals surface area (Å²) in [6.07, 6.45) is 1.52. The fraction of sp³-hybridized carbons (Fsp3) is 1.00. The van der Waals surface area contributed by atoms with E-state index in [1.54, 1.807) is 7.11 Å². The predicted molar refractivity (Wildman–Crippen MR) is 67.7 cm³/mol. The van der Waals surface area contributed by atoms with Crippen molar-refractivity contribution in [3.05, 3.63) is 0 Å². The van der Waals surface area contributed by atoms with Crippen LogP contribution in [0.15, 0.2) is 0 Å². The highest BCUT2D eigenvalue weighted by molar-refractivity contribution is 7.94. The first kappa shape index (κ1) is 16.8. The molecule has 0 saturated heterocycles. The second kappa shape index (κ2) is 8.02. The van der Waals surface area contributed by atoms with Crippen LogP contribution in [0.2, 0.25) is 0 Å². The Morgan fingerprint density at radius 1 is 1.00 bits per heavy atom. The van der Waals surface area contributed by atoms with Gasteiger partial charge >= 0.3 is 0 Å². The SMILES string of the molecule is COCCNCCCS(=O)(=O)CCS(C)(=O)=O. The van der Waals surface area contributed by atoms with Gasteiger partial charge in [-0.05, 0) is 13.0 Å². The average molecular weight is 287 g/mol. The van der Waals surface area contributed by atoms with E-state index in [1.165, 1.54) is 0 Å². The number of hydrogen-bond acceptors (Lipinski definition) is 6. The van der Waals surface area contributed by atoms with E-state index in [9.17, 15) is 16.8 Å². The number of methoxy groups -OCH3 is 1. The van der Waals surface area contributed by atoms with Crippen molar-refractivity contribution in [1.82, 2.24) is 5.32 Å². The number of nitrogens with one attached hydrogen (secondary N) is 1. The van der Waals surface area contributed by atoms with Gasteiger partial charge in [-0.2, -0.15) is 0 Å². The Labute approximate surface area is 104 Å². The molecule has 0 unspecified atom stereocenters. The van der Waals surface area contributed by atoms with Crippen molar-refractivity contribution in [2.45, 2.75) is 6.42 Å². The molecule has 0 amide bonds. The van der Waals surface area contributed by atoms with E-state index in [0.717, 1.165) is 6.26 Å². The number of ether oxygens (including phenoxy) is 1. The Kier molecular flexibility index (Phi) is 7.93. The lowest BCUT2D eigenvalue weighted by atomic mass is 10.5. The maximum Gasteiger partial charge on any atom is 0.151 e. The molecule has 0 aromatic carbocycles. The lowest BCUT2D eigenvalue weighted by molar-refractivity contribution is 0.199. The van der Waals surface area contributed by atoms with Gasteiger partial charge in [-0.3, -0.25) is 0 Å². The van der Waals surface area contributed by atoms with E-state index in [1.807, 2.05) is 0 Å². The number of rotatable bonds is 10. The third-order valence-corrected chi connectivity index (χ3v) is 5.00. The summed E-state index contributed by atoms with van der Waals surface area (Å²) in [5.41, 5.74) is 0. The van der Waals surface area contributed by atoms with Crippen molar-refractivity contribution in [3.63, 3.8) is 0 Å². The Morgan fingerprint density at radius 3 is 2.18 bits per heavy atom. The molecule has 0 radical (unpaired) electrons. The maximum atomic E-state index is 11.4. The first-order valence-corrected chi connectivity index (χ1v) is 9.23. The topological polar surface area (TPSA) is 89.5 Å².